The van der Waals surface area contributed by atoms with Gasteiger partial charge in [-0.3, -0.25) is 4.79 Å². The molecule has 0 unspecified atom stereocenters. The maximum Gasteiger partial charge on any atom is 0.249 e. The topological polar surface area (TPSA) is 67.8 Å². The molecule has 0 heterocycles. The SMILES string of the molecule is COc1ccc(NC(=O)CN=O)cc1. The maximum atomic E-state index is 10.9. The first kappa shape index (κ1) is 10.2. The Morgan fingerprint density at radius 1 is 1.43 bits per heavy atom. The lowest BCUT2D eigenvalue weighted by molar-refractivity contribution is -0.114. The summed E-state index contributed by atoms with van der Waals surface area (Å²) in [5.41, 5.74) is 0.611. The summed E-state index contributed by atoms with van der Waals surface area (Å²) >= 11 is 0. The van der Waals surface area contributed by atoms with Crippen LogP contribution < -0.4 is 10.1 Å². The zero-order valence-corrected chi connectivity index (χ0v) is 7.69. The van der Waals surface area contributed by atoms with Crippen LogP contribution in [-0.4, -0.2) is 19.6 Å². The molecule has 0 aliphatic carbocycles. The molecular weight excluding hydrogens is 184 g/mol. The lowest BCUT2D eigenvalue weighted by Gasteiger charge is -2.03. The van der Waals surface area contributed by atoms with Gasteiger partial charge in [0, 0.05) is 5.69 Å². The molecule has 14 heavy (non-hydrogen) atoms. The molecule has 0 aromatic heterocycles. The fraction of sp³-hybridized carbons (Fsp3) is 0.222. The molecule has 74 valence electrons. The lowest BCUT2D eigenvalue weighted by Crippen LogP contribution is -2.14. The van der Waals surface area contributed by atoms with E-state index in [0.29, 0.717) is 11.4 Å². The minimum atomic E-state index is -0.426. The predicted octanol–water partition coefficient (Wildman–Crippen LogP) is 1.40. The van der Waals surface area contributed by atoms with Crippen molar-refractivity contribution >= 4 is 11.6 Å². The van der Waals surface area contributed by atoms with Crippen molar-refractivity contribution in [2.45, 2.75) is 0 Å². The van der Waals surface area contributed by atoms with Crippen LogP contribution in [0.25, 0.3) is 0 Å². The van der Waals surface area contributed by atoms with Crippen molar-refractivity contribution in [2.24, 2.45) is 5.18 Å². The number of ether oxygens (including phenoxy) is 1. The smallest absolute Gasteiger partial charge is 0.249 e. The number of nitroso groups, excluding NO2 is 1. The molecule has 0 spiro atoms. The number of methoxy groups -OCH3 is 1. The average Bonchev–Trinajstić information content (AvgIpc) is 2.19. The molecule has 0 saturated heterocycles. The Hall–Kier alpha value is -1.91. The van der Waals surface area contributed by atoms with Crippen LogP contribution in [0.3, 0.4) is 0 Å². The first-order valence-electron chi connectivity index (χ1n) is 3.99. The third kappa shape index (κ3) is 2.85. The zero-order valence-electron chi connectivity index (χ0n) is 7.69. The highest BCUT2D eigenvalue weighted by Gasteiger charge is 2.01. The van der Waals surface area contributed by atoms with E-state index in [2.05, 4.69) is 10.5 Å². The molecule has 1 aromatic carbocycles. The van der Waals surface area contributed by atoms with Gasteiger partial charge in [0.1, 0.15) is 5.75 Å². The third-order valence-corrected chi connectivity index (χ3v) is 1.58. The van der Waals surface area contributed by atoms with Gasteiger partial charge in [-0.1, -0.05) is 5.18 Å². The second-order valence-corrected chi connectivity index (χ2v) is 2.56. The van der Waals surface area contributed by atoms with Crippen LogP contribution >= 0.6 is 0 Å². The second kappa shape index (κ2) is 4.96. The van der Waals surface area contributed by atoms with Crippen molar-refractivity contribution in [3.05, 3.63) is 29.2 Å². The summed E-state index contributed by atoms with van der Waals surface area (Å²) in [5.74, 6) is 0.279. The van der Waals surface area contributed by atoms with E-state index < -0.39 is 5.91 Å². The molecule has 1 amide bonds. The summed E-state index contributed by atoms with van der Waals surface area (Å²) in [5, 5.41) is 4.98. The van der Waals surface area contributed by atoms with E-state index in [1.807, 2.05) is 0 Å². The Morgan fingerprint density at radius 2 is 2.07 bits per heavy atom. The van der Waals surface area contributed by atoms with E-state index in [4.69, 9.17) is 4.74 Å². The largest absolute Gasteiger partial charge is 0.497 e. The van der Waals surface area contributed by atoms with Crippen LogP contribution in [0.15, 0.2) is 29.4 Å². The van der Waals surface area contributed by atoms with E-state index >= 15 is 0 Å². The number of carbonyl (C=O) groups is 1. The average molecular weight is 194 g/mol. The summed E-state index contributed by atoms with van der Waals surface area (Å²) in [6.45, 7) is -0.369. The number of benzene rings is 1. The van der Waals surface area contributed by atoms with Gasteiger partial charge >= 0.3 is 0 Å². The van der Waals surface area contributed by atoms with E-state index in [0.717, 1.165) is 0 Å². The van der Waals surface area contributed by atoms with Gasteiger partial charge < -0.3 is 10.1 Å². The van der Waals surface area contributed by atoms with Crippen LogP contribution in [0.2, 0.25) is 0 Å². The normalized spacial score (nSPS) is 9.21. The Labute approximate surface area is 81.0 Å². The van der Waals surface area contributed by atoms with E-state index in [-0.39, 0.29) is 6.54 Å². The monoisotopic (exact) mass is 194 g/mol. The number of hydrogen-bond donors (Lipinski definition) is 1. The molecule has 0 bridgehead atoms. The number of nitrogens with zero attached hydrogens (tertiary/aromatic N) is 1. The van der Waals surface area contributed by atoms with Gasteiger partial charge in [-0.2, -0.15) is 4.91 Å². The molecule has 1 N–H and O–H groups in total. The highest BCUT2D eigenvalue weighted by molar-refractivity contribution is 5.92. The summed E-state index contributed by atoms with van der Waals surface area (Å²) in [4.78, 5) is 20.7. The van der Waals surface area contributed by atoms with Gasteiger partial charge in [-0.25, -0.2) is 0 Å². The fourth-order valence-electron chi connectivity index (χ4n) is 0.933. The van der Waals surface area contributed by atoms with Crippen LogP contribution in [0, 0.1) is 4.91 Å². The Kier molecular flexibility index (Phi) is 3.60. The number of hydrogen-bond acceptors (Lipinski definition) is 4. The molecule has 1 aromatic rings. The zero-order chi connectivity index (χ0) is 10.4. The van der Waals surface area contributed by atoms with Gasteiger partial charge in [-0.15, -0.1) is 0 Å². The quantitative estimate of drug-likeness (QED) is 0.736. The van der Waals surface area contributed by atoms with E-state index in [9.17, 15) is 9.70 Å². The first-order chi connectivity index (χ1) is 6.76. The highest BCUT2D eigenvalue weighted by Crippen LogP contribution is 2.14. The van der Waals surface area contributed by atoms with Crippen LogP contribution in [-0.2, 0) is 4.79 Å². The molecule has 0 atom stereocenters. The van der Waals surface area contributed by atoms with Crippen LogP contribution in [0.4, 0.5) is 5.69 Å². The van der Waals surface area contributed by atoms with E-state index in [1.54, 1.807) is 31.4 Å². The van der Waals surface area contributed by atoms with Gasteiger partial charge in [0.2, 0.25) is 5.91 Å². The molecular formula is C9H10N2O3. The van der Waals surface area contributed by atoms with Gasteiger partial charge in [0.25, 0.3) is 0 Å². The molecule has 0 aliphatic heterocycles. The fourth-order valence-corrected chi connectivity index (χ4v) is 0.933. The van der Waals surface area contributed by atoms with Gasteiger partial charge in [0.05, 0.1) is 7.11 Å². The lowest BCUT2D eigenvalue weighted by atomic mass is 10.3. The number of nitrogens with one attached hydrogen (secondary N) is 1. The molecule has 5 nitrogen and oxygen atoms in total. The second-order valence-electron chi connectivity index (χ2n) is 2.56. The highest BCUT2D eigenvalue weighted by atomic mass is 16.5. The van der Waals surface area contributed by atoms with Crippen molar-refractivity contribution in [1.82, 2.24) is 0 Å². The Balaban J connectivity index is 2.59. The molecule has 0 fully saturated rings. The molecule has 1 rings (SSSR count). The van der Waals surface area contributed by atoms with Crippen molar-refractivity contribution in [2.75, 3.05) is 19.0 Å². The number of amides is 1. The number of anilines is 1. The maximum absolute atomic E-state index is 10.9. The van der Waals surface area contributed by atoms with Crippen molar-refractivity contribution in [1.29, 1.82) is 0 Å². The minimum Gasteiger partial charge on any atom is -0.497 e. The predicted molar refractivity (Wildman–Crippen MR) is 52.3 cm³/mol. The van der Waals surface area contributed by atoms with E-state index in [1.165, 1.54) is 0 Å². The summed E-state index contributed by atoms with van der Waals surface area (Å²) in [6, 6.07) is 6.79. The van der Waals surface area contributed by atoms with Crippen LogP contribution in [0.5, 0.6) is 5.75 Å². The molecule has 0 aliphatic rings. The summed E-state index contributed by atoms with van der Waals surface area (Å²) in [6.07, 6.45) is 0. The standard InChI is InChI=1S/C9H10N2O3/c1-14-8-4-2-7(3-5-8)11-9(12)6-10-13/h2-5H,6H2,1H3,(H,11,12). The Bertz CT molecular complexity index is 321. The molecule has 5 heteroatoms. The van der Waals surface area contributed by atoms with Crippen molar-refractivity contribution in [3.63, 3.8) is 0 Å². The van der Waals surface area contributed by atoms with Gasteiger partial charge in [0.15, 0.2) is 6.54 Å². The molecule has 0 saturated carbocycles. The van der Waals surface area contributed by atoms with Gasteiger partial charge in [-0.05, 0) is 24.3 Å². The summed E-state index contributed by atoms with van der Waals surface area (Å²) in [7, 11) is 1.56. The van der Waals surface area contributed by atoms with Crippen molar-refractivity contribution < 1.29 is 9.53 Å². The summed E-state index contributed by atoms with van der Waals surface area (Å²) < 4.78 is 4.94. The Morgan fingerprint density at radius 3 is 2.57 bits per heavy atom. The third-order valence-electron chi connectivity index (χ3n) is 1.58. The number of carbonyl (C=O) groups excluding carboxylic acids is 1. The van der Waals surface area contributed by atoms with Crippen LogP contribution in [0.1, 0.15) is 0 Å². The van der Waals surface area contributed by atoms with Crippen molar-refractivity contribution in [3.8, 4) is 5.75 Å². The number of rotatable bonds is 4. The first-order valence-corrected chi connectivity index (χ1v) is 3.99. The molecule has 0 radical (unpaired) electrons. The minimum absolute atomic E-state index is 0.369.